The lowest BCUT2D eigenvalue weighted by Gasteiger charge is -2.03. The van der Waals surface area contributed by atoms with Crippen LogP contribution in [-0.4, -0.2) is 24.0 Å². The first-order valence-electron chi connectivity index (χ1n) is 4.57. The van der Waals surface area contributed by atoms with Crippen molar-refractivity contribution in [1.29, 1.82) is 0 Å². The Morgan fingerprint density at radius 2 is 2.00 bits per heavy atom. The molecular formula is C9H9N3O2S3. The molecule has 0 atom stereocenters. The highest BCUT2D eigenvalue weighted by Crippen LogP contribution is 2.20. The highest BCUT2D eigenvalue weighted by molar-refractivity contribution is 8.00. The third kappa shape index (κ3) is 2.96. The number of sulfonamides is 1. The monoisotopic (exact) mass is 287 g/mol. The first-order valence-corrected chi connectivity index (χ1v) is 8.05. The van der Waals surface area contributed by atoms with Gasteiger partial charge in [-0.1, -0.05) is 30.0 Å². The van der Waals surface area contributed by atoms with Gasteiger partial charge in [0.05, 0.1) is 4.90 Å². The van der Waals surface area contributed by atoms with E-state index in [2.05, 4.69) is 14.1 Å². The standard InChI is InChI=1S/C9H9N3O2S3/c1-15-9-10-8(11-16-9)12-17(13,14)7-5-3-2-4-6-7/h2-6H,1H3,(H,11,12). The molecule has 2 rings (SSSR count). The second-order valence-corrected chi connectivity index (χ2v) is 6.49. The molecule has 0 amide bonds. The number of nitrogens with one attached hydrogen (secondary N) is 1. The maximum atomic E-state index is 11.9. The summed E-state index contributed by atoms with van der Waals surface area (Å²) in [5, 5.41) is 0. The smallest absolute Gasteiger partial charge is 0.246 e. The number of hydrogen-bond acceptors (Lipinski definition) is 6. The molecule has 0 unspecified atom stereocenters. The lowest BCUT2D eigenvalue weighted by molar-refractivity contribution is 0.601. The average Bonchev–Trinajstić information content (AvgIpc) is 2.77. The van der Waals surface area contributed by atoms with E-state index in [1.165, 1.54) is 23.9 Å². The zero-order chi connectivity index (χ0) is 12.3. The number of aromatic nitrogens is 2. The van der Waals surface area contributed by atoms with E-state index in [-0.39, 0.29) is 10.8 Å². The minimum atomic E-state index is -3.59. The Balaban J connectivity index is 2.24. The molecule has 0 spiro atoms. The van der Waals surface area contributed by atoms with E-state index in [0.29, 0.717) is 0 Å². The second-order valence-electron chi connectivity index (χ2n) is 3.01. The Kier molecular flexibility index (Phi) is 3.65. The fourth-order valence-electron chi connectivity index (χ4n) is 1.11. The largest absolute Gasteiger partial charge is 0.264 e. The molecule has 0 aliphatic rings. The third-order valence-corrected chi connectivity index (χ3v) is 4.88. The average molecular weight is 287 g/mol. The molecule has 0 saturated carbocycles. The molecule has 0 bridgehead atoms. The molecule has 1 aromatic carbocycles. The van der Waals surface area contributed by atoms with Crippen molar-refractivity contribution in [3.05, 3.63) is 30.3 Å². The maximum absolute atomic E-state index is 11.9. The minimum absolute atomic E-state index is 0.114. The van der Waals surface area contributed by atoms with Crippen molar-refractivity contribution in [3.8, 4) is 0 Å². The minimum Gasteiger partial charge on any atom is -0.246 e. The molecule has 8 heteroatoms. The fraction of sp³-hybridized carbons (Fsp3) is 0.111. The van der Waals surface area contributed by atoms with Gasteiger partial charge in [-0.2, -0.15) is 9.36 Å². The van der Waals surface area contributed by atoms with Crippen LogP contribution in [0.2, 0.25) is 0 Å². The quantitative estimate of drug-likeness (QED) is 0.871. The molecule has 0 radical (unpaired) electrons. The van der Waals surface area contributed by atoms with Gasteiger partial charge in [0, 0.05) is 0 Å². The van der Waals surface area contributed by atoms with E-state index in [0.717, 1.165) is 15.9 Å². The number of nitrogens with zero attached hydrogens (tertiary/aromatic N) is 2. The van der Waals surface area contributed by atoms with Gasteiger partial charge in [-0.25, -0.2) is 13.1 Å². The van der Waals surface area contributed by atoms with Crippen LogP contribution in [0.15, 0.2) is 39.6 Å². The van der Waals surface area contributed by atoms with Crippen molar-refractivity contribution >= 4 is 39.3 Å². The van der Waals surface area contributed by atoms with Crippen LogP contribution in [0.1, 0.15) is 0 Å². The summed E-state index contributed by atoms with van der Waals surface area (Å²) in [6, 6.07) is 8.12. The molecule has 1 N–H and O–H groups in total. The van der Waals surface area contributed by atoms with Gasteiger partial charge in [0.25, 0.3) is 10.0 Å². The summed E-state index contributed by atoms with van der Waals surface area (Å²) in [4.78, 5) is 4.21. The van der Waals surface area contributed by atoms with Gasteiger partial charge in [-0.15, -0.1) is 0 Å². The Morgan fingerprint density at radius 3 is 2.59 bits per heavy atom. The van der Waals surface area contributed by atoms with Crippen LogP contribution < -0.4 is 4.72 Å². The Bertz CT molecular complexity index is 595. The Labute approximate surface area is 108 Å². The maximum Gasteiger partial charge on any atom is 0.264 e. The predicted molar refractivity (Wildman–Crippen MR) is 68.9 cm³/mol. The van der Waals surface area contributed by atoms with Crippen LogP contribution in [0.4, 0.5) is 5.95 Å². The van der Waals surface area contributed by atoms with Gasteiger partial charge >= 0.3 is 0 Å². The van der Waals surface area contributed by atoms with Crippen molar-refractivity contribution in [1.82, 2.24) is 9.36 Å². The Hall–Kier alpha value is -1.12. The van der Waals surface area contributed by atoms with E-state index in [1.54, 1.807) is 18.2 Å². The van der Waals surface area contributed by atoms with E-state index in [9.17, 15) is 8.42 Å². The lowest BCUT2D eigenvalue weighted by Crippen LogP contribution is -2.13. The Morgan fingerprint density at radius 1 is 1.29 bits per heavy atom. The molecular weight excluding hydrogens is 278 g/mol. The zero-order valence-corrected chi connectivity index (χ0v) is 11.3. The number of thioether (sulfide) groups is 1. The SMILES string of the molecule is CSc1nc(NS(=O)(=O)c2ccccc2)ns1. The summed E-state index contributed by atoms with van der Waals surface area (Å²) in [6.45, 7) is 0. The van der Waals surface area contributed by atoms with Crippen molar-refractivity contribution in [3.63, 3.8) is 0 Å². The first-order chi connectivity index (χ1) is 8.12. The molecule has 0 aliphatic carbocycles. The van der Waals surface area contributed by atoms with E-state index >= 15 is 0 Å². The van der Waals surface area contributed by atoms with Crippen molar-refractivity contribution in [2.45, 2.75) is 9.24 Å². The van der Waals surface area contributed by atoms with E-state index < -0.39 is 10.0 Å². The van der Waals surface area contributed by atoms with Crippen LogP contribution in [-0.2, 0) is 10.0 Å². The van der Waals surface area contributed by atoms with Crippen LogP contribution in [0.5, 0.6) is 0 Å². The van der Waals surface area contributed by atoms with Gasteiger partial charge in [0.15, 0.2) is 4.34 Å². The summed E-state index contributed by atoms with van der Waals surface area (Å²) in [5.74, 6) is 0.114. The molecule has 90 valence electrons. The van der Waals surface area contributed by atoms with Crippen LogP contribution in [0, 0.1) is 0 Å². The number of benzene rings is 1. The third-order valence-electron chi connectivity index (χ3n) is 1.86. The highest BCUT2D eigenvalue weighted by Gasteiger charge is 2.16. The van der Waals surface area contributed by atoms with Crippen molar-refractivity contribution < 1.29 is 8.42 Å². The fourth-order valence-corrected chi connectivity index (χ4v) is 3.10. The summed E-state index contributed by atoms with van der Waals surface area (Å²) >= 11 is 2.58. The highest BCUT2D eigenvalue weighted by atomic mass is 32.2. The van der Waals surface area contributed by atoms with Crippen LogP contribution in [0.25, 0.3) is 0 Å². The van der Waals surface area contributed by atoms with Gasteiger partial charge in [-0.3, -0.25) is 0 Å². The summed E-state index contributed by atoms with van der Waals surface area (Å²) < 4.78 is 30.8. The van der Waals surface area contributed by atoms with E-state index in [1.807, 2.05) is 6.26 Å². The van der Waals surface area contributed by atoms with Crippen molar-refractivity contribution in [2.75, 3.05) is 11.0 Å². The van der Waals surface area contributed by atoms with Gasteiger partial charge < -0.3 is 0 Å². The van der Waals surface area contributed by atoms with Gasteiger partial charge in [0.1, 0.15) is 0 Å². The summed E-state index contributed by atoms with van der Waals surface area (Å²) in [7, 11) is -3.59. The first kappa shape index (κ1) is 12.3. The van der Waals surface area contributed by atoms with Gasteiger partial charge in [-0.05, 0) is 29.9 Å². The molecule has 0 saturated heterocycles. The number of anilines is 1. The number of hydrogen-bond donors (Lipinski definition) is 1. The molecule has 0 aliphatic heterocycles. The zero-order valence-electron chi connectivity index (χ0n) is 8.82. The number of rotatable bonds is 4. The molecule has 17 heavy (non-hydrogen) atoms. The lowest BCUT2D eigenvalue weighted by atomic mass is 10.4. The topological polar surface area (TPSA) is 72.0 Å². The normalized spacial score (nSPS) is 11.4. The molecule has 1 heterocycles. The van der Waals surface area contributed by atoms with E-state index in [4.69, 9.17) is 0 Å². The molecule has 2 aromatic rings. The van der Waals surface area contributed by atoms with Crippen LogP contribution in [0.3, 0.4) is 0 Å². The second kappa shape index (κ2) is 5.03. The predicted octanol–water partition coefficient (Wildman–Crippen LogP) is 2.06. The molecule has 1 aromatic heterocycles. The summed E-state index contributed by atoms with van der Waals surface area (Å²) in [6.07, 6.45) is 1.86. The molecule has 5 nitrogen and oxygen atoms in total. The summed E-state index contributed by atoms with van der Waals surface area (Å²) in [5.41, 5.74) is 0. The van der Waals surface area contributed by atoms with Crippen LogP contribution >= 0.6 is 23.3 Å². The van der Waals surface area contributed by atoms with Crippen molar-refractivity contribution in [2.24, 2.45) is 0 Å². The molecule has 0 fully saturated rings. The van der Waals surface area contributed by atoms with Gasteiger partial charge in [0.2, 0.25) is 5.95 Å².